The molecule has 2 N–H and O–H groups in total. The number of nitrogens with one attached hydrogen (secondary N) is 1. The molecule has 3 heterocycles. The van der Waals surface area contributed by atoms with Crippen LogP contribution in [0, 0.1) is 5.92 Å². The Bertz CT molecular complexity index is 969. The lowest BCUT2D eigenvalue weighted by molar-refractivity contribution is -0.119. The van der Waals surface area contributed by atoms with E-state index in [-0.39, 0.29) is 24.4 Å². The van der Waals surface area contributed by atoms with Crippen LogP contribution in [0.5, 0.6) is 0 Å². The topological polar surface area (TPSA) is 90.7 Å². The van der Waals surface area contributed by atoms with Crippen molar-refractivity contribution < 1.29 is 14.7 Å². The van der Waals surface area contributed by atoms with Gasteiger partial charge in [0.25, 0.3) is 0 Å². The number of amides is 2. The smallest absolute Gasteiger partial charge is 0.411 e. The highest BCUT2D eigenvalue weighted by atomic mass is 16.4. The summed E-state index contributed by atoms with van der Waals surface area (Å²) in [6, 6.07) is 6.15. The Kier molecular flexibility index (Phi) is 5.27. The van der Waals surface area contributed by atoms with Crippen LogP contribution in [0.1, 0.15) is 40.2 Å². The van der Waals surface area contributed by atoms with Crippen molar-refractivity contribution in [2.24, 2.45) is 5.92 Å². The molecule has 2 amide bonds. The largest absolute Gasteiger partial charge is 0.465 e. The zero-order valence-electron chi connectivity index (χ0n) is 17.9. The van der Waals surface area contributed by atoms with Crippen molar-refractivity contribution in [3.63, 3.8) is 0 Å². The van der Waals surface area contributed by atoms with E-state index in [1.54, 1.807) is 4.90 Å². The second-order valence-electron chi connectivity index (χ2n) is 8.78. The van der Waals surface area contributed by atoms with Gasteiger partial charge < -0.3 is 15.3 Å². The Morgan fingerprint density at radius 2 is 2.00 bits per heavy atom. The third-order valence-corrected chi connectivity index (χ3v) is 6.00. The highest BCUT2D eigenvalue weighted by molar-refractivity contribution is 6.03. The molecule has 0 aliphatic carbocycles. The molecule has 4 rings (SSSR count). The first kappa shape index (κ1) is 20.4. The van der Waals surface area contributed by atoms with Crippen LogP contribution in [-0.4, -0.2) is 52.1 Å². The van der Waals surface area contributed by atoms with E-state index in [9.17, 15) is 14.7 Å². The quantitative estimate of drug-likeness (QED) is 0.805. The van der Waals surface area contributed by atoms with Crippen molar-refractivity contribution in [2.45, 2.75) is 52.2 Å². The third-order valence-electron chi connectivity index (χ3n) is 6.00. The Hall–Kier alpha value is -2.87. The number of benzene rings is 1. The minimum absolute atomic E-state index is 0.0239. The van der Waals surface area contributed by atoms with Crippen LogP contribution in [0.25, 0.3) is 11.1 Å². The highest BCUT2D eigenvalue weighted by Crippen LogP contribution is 2.39. The number of fused-ring (bicyclic) bond motifs is 1. The number of rotatable bonds is 4. The number of carboxylic acid groups (broad SMARTS) is 1. The molecule has 1 aromatic carbocycles. The van der Waals surface area contributed by atoms with Gasteiger partial charge in [-0.05, 0) is 37.5 Å². The summed E-state index contributed by atoms with van der Waals surface area (Å²) in [5, 5.41) is 17.6. The van der Waals surface area contributed by atoms with Crippen molar-refractivity contribution in [1.82, 2.24) is 15.1 Å². The molecule has 30 heavy (non-hydrogen) atoms. The molecule has 2 aromatic rings. The molecule has 0 radical (unpaired) electrons. The second-order valence-corrected chi connectivity index (χ2v) is 8.78. The molecule has 1 fully saturated rings. The summed E-state index contributed by atoms with van der Waals surface area (Å²) in [6.07, 6.45) is 3.23. The summed E-state index contributed by atoms with van der Waals surface area (Å²) in [4.78, 5) is 27.9. The lowest BCUT2D eigenvalue weighted by Gasteiger charge is -2.40. The Labute approximate surface area is 176 Å². The summed E-state index contributed by atoms with van der Waals surface area (Å²) in [6.45, 7) is 9.18. The molecule has 2 aliphatic rings. The average Bonchev–Trinajstić information content (AvgIpc) is 3.14. The van der Waals surface area contributed by atoms with Crippen molar-refractivity contribution in [3.8, 4) is 11.1 Å². The van der Waals surface area contributed by atoms with Gasteiger partial charge in [-0.2, -0.15) is 5.10 Å². The number of anilines is 2. The SMILES string of the molecule is CC(C)CC(=O)N1c2ccc(-c3cnn(C4CN[C@H]4C)c3)cc2N(C(=O)O)C[C@@H]1C. The normalized spacial score (nSPS) is 23.3. The summed E-state index contributed by atoms with van der Waals surface area (Å²) in [5.74, 6) is 0.259. The minimum Gasteiger partial charge on any atom is -0.465 e. The molecule has 1 unspecified atom stereocenters. The van der Waals surface area contributed by atoms with Gasteiger partial charge in [0.1, 0.15) is 0 Å². The van der Waals surface area contributed by atoms with Crippen LogP contribution in [0.2, 0.25) is 0 Å². The van der Waals surface area contributed by atoms with E-state index in [1.165, 1.54) is 4.90 Å². The standard InChI is InChI=1S/C22H29N5O3/c1-13(2)7-21(28)27-14(3)11-25(22(29)30)19-8-16(5-6-18(19)27)17-9-24-26(12-17)20-10-23-15(20)4/h5-6,8-9,12-15,20,23H,7,10-11H2,1-4H3,(H,29,30)/t14-,15-,20?/m0/s1. The van der Waals surface area contributed by atoms with Gasteiger partial charge in [0, 0.05) is 37.3 Å². The van der Waals surface area contributed by atoms with Crippen LogP contribution in [-0.2, 0) is 4.79 Å². The molecule has 2 aliphatic heterocycles. The fourth-order valence-electron chi connectivity index (χ4n) is 4.26. The van der Waals surface area contributed by atoms with E-state index in [1.807, 2.05) is 56.0 Å². The molecule has 0 spiro atoms. The number of aromatic nitrogens is 2. The van der Waals surface area contributed by atoms with E-state index in [2.05, 4.69) is 17.3 Å². The number of hydrogen-bond donors (Lipinski definition) is 2. The molecular formula is C22H29N5O3. The summed E-state index contributed by atoms with van der Waals surface area (Å²) >= 11 is 0. The molecule has 1 aromatic heterocycles. The Balaban J connectivity index is 1.71. The molecule has 160 valence electrons. The molecular weight excluding hydrogens is 382 g/mol. The van der Waals surface area contributed by atoms with E-state index >= 15 is 0 Å². The van der Waals surface area contributed by atoms with Crippen LogP contribution in [0.4, 0.5) is 16.2 Å². The predicted octanol–water partition coefficient (Wildman–Crippen LogP) is 3.35. The van der Waals surface area contributed by atoms with Crippen molar-refractivity contribution in [3.05, 3.63) is 30.6 Å². The number of nitrogens with zero attached hydrogens (tertiary/aromatic N) is 4. The van der Waals surface area contributed by atoms with E-state index in [0.29, 0.717) is 29.9 Å². The van der Waals surface area contributed by atoms with Gasteiger partial charge in [0.05, 0.1) is 29.7 Å². The number of carbonyl (C=O) groups is 2. The summed E-state index contributed by atoms with van der Waals surface area (Å²) in [5.41, 5.74) is 3.01. The maximum Gasteiger partial charge on any atom is 0.411 e. The number of carbonyl (C=O) groups excluding carboxylic acids is 1. The molecule has 8 nitrogen and oxygen atoms in total. The second kappa shape index (κ2) is 7.75. The van der Waals surface area contributed by atoms with Crippen LogP contribution in [0.15, 0.2) is 30.6 Å². The van der Waals surface area contributed by atoms with Crippen molar-refractivity contribution in [2.75, 3.05) is 22.9 Å². The van der Waals surface area contributed by atoms with Crippen LogP contribution in [0.3, 0.4) is 0 Å². The lowest BCUT2D eigenvalue weighted by atomic mass is 10.0. The highest BCUT2D eigenvalue weighted by Gasteiger charge is 2.35. The average molecular weight is 412 g/mol. The molecule has 1 saturated heterocycles. The van der Waals surface area contributed by atoms with E-state index in [0.717, 1.165) is 17.7 Å². The first-order valence-electron chi connectivity index (χ1n) is 10.5. The first-order valence-corrected chi connectivity index (χ1v) is 10.5. The fourth-order valence-corrected chi connectivity index (χ4v) is 4.26. The molecule has 8 heteroatoms. The third kappa shape index (κ3) is 3.56. The van der Waals surface area contributed by atoms with Gasteiger partial charge in [-0.1, -0.05) is 19.9 Å². The molecule has 0 saturated carbocycles. The van der Waals surface area contributed by atoms with Gasteiger partial charge in [-0.3, -0.25) is 14.4 Å². The minimum atomic E-state index is -1.01. The molecule has 3 atom stereocenters. The van der Waals surface area contributed by atoms with Gasteiger partial charge in [-0.15, -0.1) is 0 Å². The fraction of sp³-hybridized carbons (Fsp3) is 0.500. The van der Waals surface area contributed by atoms with Crippen LogP contribution < -0.4 is 15.1 Å². The van der Waals surface area contributed by atoms with Gasteiger partial charge >= 0.3 is 6.09 Å². The van der Waals surface area contributed by atoms with Gasteiger partial charge in [-0.25, -0.2) is 4.79 Å². The Morgan fingerprint density at radius 3 is 2.60 bits per heavy atom. The monoisotopic (exact) mass is 411 g/mol. The van der Waals surface area contributed by atoms with Gasteiger partial charge in [0.15, 0.2) is 0 Å². The Morgan fingerprint density at radius 1 is 1.23 bits per heavy atom. The maximum absolute atomic E-state index is 12.9. The first-order chi connectivity index (χ1) is 14.3. The zero-order valence-corrected chi connectivity index (χ0v) is 17.9. The van der Waals surface area contributed by atoms with Gasteiger partial charge in [0.2, 0.25) is 5.91 Å². The predicted molar refractivity (Wildman–Crippen MR) is 116 cm³/mol. The molecule has 0 bridgehead atoms. The van der Waals surface area contributed by atoms with Crippen molar-refractivity contribution >= 4 is 23.4 Å². The lowest BCUT2D eigenvalue weighted by Crippen LogP contribution is -2.52. The van der Waals surface area contributed by atoms with E-state index in [4.69, 9.17) is 0 Å². The van der Waals surface area contributed by atoms with E-state index < -0.39 is 6.09 Å². The summed E-state index contributed by atoms with van der Waals surface area (Å²) < 4.78 is 1.96. The van der Waals surface area contributed by atoms with Crippen molar-refractivity contribution in [1.29, 1.82) is 0 Å². The maximum atomic E-state index is 12.9. The zero-order chi connectivity index (χ0) is 21.6. The van der Waals surface area contributed by atoms with Crippen LogP contribution >= 0.6 is 0 Å². The summed E-state index contributed by atoms with van der Waals surface area (Å²) in [7, 11) is 0. The number of hydrogen-bond acceptors (Lipinski definition) is 4.